The molecule has 0 amide bonds. The molecule has 81 heavy (non-hydrogen) atoms. The van der Waals surface area contributed by atoms with E-state index < -0.39 is 24.3 Å². The number of carbonyl (C=O) groups is 3. The largest absolute Gasteiger partial charge is 0.545 e. The third-order valence-corrected chi connectivity index (χ3v) is 14.6. The second-order valence-corrected chi connectivity index (χ2v) is 23.7. The van der Waals surface area contributed by atoms with Gasteiger partial charge in [0.1, 0.15) is 13.2 Å². The van der Waals surface area contributed by atoms with Crippen LogP contribution in [0.1, 0.15) is 296 Å². The summed E-state index contributed by atoms with van der Waals surface area (Å²) in [6.07, 6.45) is 81.3. The minimum absolute atomic E-state index is 0.135. The van der Waals surface area contributed by atoms with E-state index in [1.807, 2.05) is 21.1 Å². The Morgan fingerprint density at radius 3 is 1.09 bits per heavy atom. The van der Waals surface area contributed by atoms with Crippen molar-refractivity contribution in [3.63, 3.8) is 0 Å². The van der Waals surface area contributed by atoms with Gasteiger partial charge in [-0.05, 0) is 83.5 Å². The van der Waals surface area contributed by atoms with Gasteiger partial charge in [-0.25, -0.2) is 0 Å². The summed E-state index contributed by atoms with van der Waals surface area (Å²) in [7, 11) is 5.90. The number of rotatable bonds is 62. The summed E-state index contributed by atoms with van der Waals surface area (Å²) < 4.78 is 22.7. The average molecular weight is 1130 g/mol. The molecule has 2 unspecified atom stereocenters. The number of unbranched alkanes of at least 4 members (excludes halogenated alkanes) is 33. The van der Waals surface area contributed by atoms with E-state index in [4.69, 9.17) is 18.9 Å². The zero-order valence-electron chi connectivity index (χ0n) is 53.4. The lowest BCUT2D eigenvalue weighted by Gasteiger charge is -2.26. The molecule has 0 aliphatic rings. The highest BCUT2D eigenvalue weighted by Crippen LogP contribution is 2.18. The van der Waals surface area contributed by atoms with Gasteiger partial charge in [-0.3, -0.25) is 9.59 Å². The first kappa shape index (κ1) is 77.5. The second-order valence-electron chi connectivity index (χ2n) is 23.7. The predicted molar refractivity (Wildman–Crippen MR) is 343 cm³/mol. The minimum Gasteiger partial charge on any atom is -0.545 e. The van der Waals surface area contributed by atoms with E-state index in [9.17, 15) is 19.5 Å². The van der Waals surface area contributed by atoms with Gasteiger partial charge in [0.2, 0.25) is 0 Å². The molecule has 0 aliphatic carbocycles. The SMILES string of the molecule is CC/C=C\C/C=C\C/C=C\C/C=C\C/C=C\CCCC(=O)OC(COC(=O)CCCCCCCCCCCCCCCCCCCCCCCCCCCCC/C=C\C/C=C\CCCCCCC)COC(OCC[N+](C)(C)C)C(=O)[O-]. The van der Waals surface area contributed by atoms with Crippen molar-refractivity contribution < 1.29 is 42.9 Å². The lowest BCUT2D eigenvalue weighted by molar-refractivity contribution is -0.870. The Kier molecular flexibility index (Phi) is 59.8. The Balaban J connectivity index is 3.99. The number of hydrogen-bond donors (Lipinski definition) is 0. The predicted octanol–water partition coefficient (Wildman–Crippen LogP) is 19.4. The van der Waals surface area contributed by atoms with Crippen LogP contribution in [0.15, 0.2) is 85.1 Å². The molecule has 2 atom stereocenters. The zero-order valence-corrected chi connectivity index (χ0v) is 53.4. The summed E-state index contributed by atoms with van der Waals surface area (Å²) >= 11 is 0. The lowest BCUT2D eigenvalue weighted by Crippen LogP contribution is -2.44. The number of carbonyl (C=O) groups excluding carboxylic acids is 3. The fourth-order valence-electron chi connectivity index (χ4n) is 9.49. The first-order valence-corrected chi connectivity index (χ1v) is 33.7. The molecular formula is C72H127NO8. The molecule has 0 saturated carbocycles. The van der Waals surface area contributed by atoms with Gasteiger partial charge in [0.15, 0.2) is 12.4 Å². The van der Waals surface area contributed by atoms with E-state index in [0.29, 0.717) is 23.9 Å². The monoisotopic (exact) mass is 1130 g/mol. The Hall–Kier alpha value is -3.53. The molecule has 0 aromatic carbocycles. The second kappa shape index (κ2) is 62.5. The number of carboxylic acids is 1. The van der Waals surface area contributed by atoms with Crippen LogP contribution in [0.2, 0.25) is 0 Å². The van der Waals surface area contributed by atoms with Crippen LogP contribution < -0.4 is 5.11 Å². The molecule has 468 valence electrons. The first-order valence-electron chi connectivity index (χ1n) is 33.7. The zero-order chi connectivity index (χ0) is 59.1. The Labute approximate surface area is 500 Å². The Morgan fingerprint density at radius 1 is 0.383 bits per heavy atom. The highest BCUT2D eigenvalue weighted by atomic mass is 16.7. The first-order chi connectivity index (χ1) is 39.6. The number of hydrogen-bond acceptors (Lipinski definition) is 8. The highest BCUT2D eigenvalue weighted by Gasteiger charge is 2.22. The van der Waals surface area contributed by atoms with Crippen LogP contribution in [0.5, 0.6) is 0 Å². The third kappa shape index (κ3) is 63.9. The Bertz CT molecular complexity index is 1600. The molecule has 0 bridgehead atoms. The van der Waals surface area contributed by atoms with Crippen molar-refractivity contribution in [1.82, 2.24) is 0 Å². The third-order valence-electron chi connectivity index (χ3n) is 14.6. The van der Waals surface area contributed by atoms with Crippen molar-refractivity contribution in [2.75, 3.05) is 47.5 Å². The maximum Gasteiger partial charge on any atom is 0.306 e. The van der Waals surface area contributed by atoms with E-state index >= 15 is 0 Å². The number of ether oxygens (including phenoxy) is 4. The van der Waals surface area contributed by atoms with Crippen LogP contribution in [-0.4, -0.2) is 82.3 Å². The number of quaternary nitrogens is 1. The van der Waals surface area contributed by atoms with Gasteiger partial charge >= 0.3 is 11.9 Å². The summed E-state index contributed by atoms with van der Waals surface area (Å²) in [5, 5.41) is 11.8. The van der Waals surface area contributed by atoms with Crippen LogP contribution in [0, 0.1) is 0 Å². The van der Waals surface area contributed by atoms with E-state index in [0.717, 1.165) is 57.8 Å². The van der Waals surface area contributed by atoms with E-state index in [1.54, 1.807) is 0 Å². The van der Waals surface area contributed by atoms with Gasteiger partial charge in [-0.1, -0.05) is 285 Å². The number of nitrogens with zero attached hydrogens (tertiary/aromatic N) is 1. The fraction of sp³-hybridized carbons (Fsp3) is 0.764. The molecule has 9 heteroatoms. The molecule has 0 saturated heterocycles. The van der Waals surface area contributed by atoms with Crippen molar-refractivity contribution in [3.05, 3.63) is 85.1 Å². The number of carboxylic acid groups (broad SMARTS) is 1. The van der Waals surface area contributed by atoms with Gasteiger partial charge in [0.25, 0.3) is 0 Å². The van der Waals surface area contributed by atoms with Crippen LogP contribution in [0.25, 0.3) is 0 Å². The van der Waals surface area contributed by atoms with Crippen molar-refractivity contribution in [2.45, 2.75) is 309 Å². The molecule has 9 nitrogen and oxygen atoms in total. The van der Waals surface area contributed by atoms with Crippen LogP contribution >= 0.6 is 0 Å². The molecule has 0 N–H and O–H groups in total. The van der Waals surface area contributed by atoms with Crippen LogP contribution in [0.4, 0.5) is 0 Å². The summed E-state index contributed by atoms with van der Waals surface area (Å²) in [5.41, 5.74) is 0. The van der Waals surface area contributed by atoms with Gasteiger partial charge < -0.3 is 33.3 Å². The number of likely N-dealkylation sites (N-methyl/N-ethyl adjacent to an activating group) is 1. The number of allylic oxidation sites excluding steroid dienone is 14. The number of esters is 2. The topological polar surface area (TPSA) is 111 Å². The molecule has 0 spiro atoms. The molecule has 0 rings (SSSR count). The van der Waals surface area contributed by atoms with Crippen molar-refractivity contribution >= 4 is 17.9 Å². The molecule has 0 aromatic rings. The average Bonchev–Trinajstić information content (AvgIpc) is 3.44. The maximum atomic E-state index is 12.8. The Morgan fingerprint density at radius 2 is 0.716 bits per heavy atom. The highest BCUT2D eigenvalue weighted by molar-refractivity contribution is 5.70. The minimum atomic E-state index is -1.64. The van der Waals surface area contributed by atoms with Crippen molar-refractivity contribution in [1.29, 1.82) is 0 Å². The van der Waals surface area contributed by atoms with E-state index in [2.05, 4.69) is 98.9 Å². The summed E-state index contributed by atoms with van der Waals surface area (Å²) in [6, 6.07) is 0. The van der Waals surface area contributed by atoms with E-state index in [1.165, 1.54) is 199 Å². The maximum absolute atomic E-state index is 12.8. The summed E-state index contributed by atoms with van der Waals surface area (Å²) in [5.74, 6) is -2.36. The van der Waals surface area contributed by atoms with E-state index in [-0.39, 0.29) is 38.6 Å². The standard InChI is InChI=1S/C72H127NO8/c1-6-8-10-12-14-16-18-20-22-24-25-26-27-28-29-30-31-32-33-34-35-36-37-38-39-40-41-42-43-44-45-47-48-50-52-54-56-58-60-62-69(74)79-66-68(67-80-72(71(76)77)78-65-64-73(3,4)5)81-70(75)63-61-59-57-55-53-51-49-46-23-21-19-17-15-13-11-9-7-2/h9,11,15,17-18,20-21,23-25,49,51,55,57,68,72H,6-8,10,12-14,16,19,22,26-48,50,52-54,56,58-67H2,1-5H3/b11-9-,17-15-,20-18-,23-21-,25-24-,51-49-,57-55-. The number of aliphatic carboxylic acids is 1. The van der Waals surface area contributed by atoms with Gasteiger partial charge in [0.05, 0.1) is 40.3 Å². The van der Waals surface area contributed by atoms with Gasteiger partial charge in [0, 0.05) is 12.8 Å². The van der Waals surface area contributed by atoms with Gasteiger partial charge in [-0.2, -0.15) is 0 Å². The molecule has 0 fully saturated rings. The molecule has 0 radical (unpaired) electrons. The quantitative estimate of drug-likeness (QED) is 0.0195. The lowest BCUT2D eigenvalue weighted by atomic mass is 10.0. The van der Waals surface area contributed by atoms with Crippen LogP contribution in [-0.2, 0) is 33.3 Å². The van der Waals surface area contributed by atoms with Crippen LogP contribution in [0.3, 0.4) is 0 Å². The summed E-state index contributed by atoms with van der Waals surface area (Å²) in [6.45, 7) is 4.57. The van der Waals surface area contributed by atoms with Crippen molar-refractivity contribution in [3.8, 4) is 0 Å². The molecule has 0 aliphatic heterocycles. The normalized spacial score (nSPS) is 13.2. The molecule has 0 aromatic heterocycles. The molecular weight excluding hydrogens is 1010 g/mol. The smallest absolute Gasteiger partial charge is 0.306 e. The van der Waals surface area contributed by atoms with Crippen molar-refractivity contribution in [2.24, 2.45) is 0 Å². The molecule has 0 heterocycles. The fourth-order valence-corrected chi connectivity index (χ4v) is 9.49. The summed E-state index contributed by atoms with van der Waals surface area (Å²) in [4.78, 5) is 37.3. The van der Waals surface area contributed by atoms with Gasteiger partial charge in [-0.15, -0.1) is 0 Å².